The molecule has 0 atom stereocenters. The van der Waals surface area contributed by atoms with Gasteiger partial charge in [0.1, 0.15) is 11.3 Å². The van der Waals surface area contributed by atoms with Crippen LogP contribution in [-0.4, -0.2) is 0 Å². The molecule has 1 fully saturated rings. The molecular weight excluding hydrogens is 510 g/mol. The van der Waals surface area contributed by atoms with Crippen molar-refractivity contribution in [1.82, 2.24) is 0 Å². The summed E-state index contributed by atoms with van der Waals surface area (Å²) in [5.74, 6) is 0.931. The number of fused-ring (bicyclic) bond motifs is 9. The van der Waals surface area contributed by atoms with E-state index in [-0.39, 0.29) is 5.41 Å². The third-order valence-electron chi connectivity index (χ3n) is 9.84. The molecule has 0 N–H and O–H groups in total. The van der Waals surface area contributed by atoms with Crippen LogP contribution in [0.4, 0.5) is 17.1 Å². The first-order valence-corrected chi connectivity index (χ1v) is 15.1. The van der Waals surface area contributed by atoms with Gasteiger partial charge in [-0.3, -0.25) is 0 Å². The van der Waals surface area contributed by atoms with E-state index in [9.17, 15) is 0 Å². The normalized spacial score (nSPS) is 15.1. The summed E-state index contributed by atoms with van der Waals surface area (Å²) in [6.07, 6.45) is 5.08. The average molecular weight is 542 g/mol. The number of hydrogen-bond donors (Lipinski definition) is 0. The first-order chi connectivity index (χ1) is 20.7. The molecule has 0 aliphatic heterocycles. The zero-order chi connectivity index (χ0) is 27.8. The van der Waals surface area contributed by atoms with E-state index in [0.29, 0.717) is 0 Å². The van der Waals surface area contributed by atoms with Crippen LogP contribution < -0.4 is 4.90 Å². The molecule has 2 aliphatic rings. The minimum absolute atomic E-state index is 0.165. The maximum Gasteiger partial charge on any atom is 0.134 e. The van der Waals surface area contributed by atoms with E-state index in [0.717, 1.165) is 22.4 Å². The molecule has 9 rings (SSSR count). The third kappa shape index (κ3) is 3.32. The van der Waals surface area contributed by atoms with Crippen LogP contribution >= 0.6 is 0 Å². The standard InChI is InChI=1S/C40H31NO/c1-26-22-28-23-29(17-19-39(28)42-26)41(38-24-27-10-2-3-11-31(27)32-12-4-5-14-34(32)38)30-16-18-37-35(25-30)33-13-6-7-15-36(33)40(37)20-8-9-21-40/h2-7,10-19,22-25H,8-9,20-21H2,1H3. The number of hydrogen-bond acceptors (Lipinski definition) is 2. The van der Waals surface area contributed by atoms with Gasteiger partial charge in [0.15, 0.2) is 0 Å². The van der Waals surface area contributed by atoms with Gasteiger partial charge >= 0.3 is 0 Å². The van der Waals surface area contributed by atoms with Crippen molar-refractivity contribution in [2.45, 2.75) is 38.0 Å². The van der Waals surface area contributed by atoms with Crippen LogP contribution in [0.2, 0.25) is 0 Å². The predicted molar refractivity (Wildman–Crippen MR) is 175 cm³/mol. The Labute approximate surface area is 245 Å². The molecule has 0 radical (unpaired) electrons. The molecule has 1 spiro atoms. The first kappa shape index (κ1) is 23.8. The fourth-order valence-electron chi connectivity index (χ4n) is 8.06. The van der Waals surface area contributed by atoms with Crippen molar-refractivity contribution in [3.05, 3.63) is 138 Å². The van der Waals surface area contributed by atoms with Crippen LogP contribution in [0.1, 0.15) is 42.6 Å². The Bertz CT molecular complexity index is 2180. The van der Waals surface area contributed by atoms with E-state index in [1.54, 1.807) is 0 Å². The molecule has 1 aromatic heterocycles. The van der Waals surface area contributed by atoms with Crippen molar-refractivity contribution >= 4 is 49.6 Å². The third-order valence-corrected chi connectivity index (χ3v) is 9.84. The summed E-state index contributed by atoms with van der Waals surface area (Å²) in [5.41, 5.74) is 10.4. The number of anilines is 3. The second-order valence-corrected chi connectivity index (χ2v) is 12.1. The number of benzene rings is 6. The smallest absolute Gasteiger partial charge is 0.134 e. The molecule has 202 valence electrons. The minimum Gasteiger partial charge on any atom is -0.461 e. The largest absolute Gasteiger partial charge is 0.461 e. The fraction of sp³-hybridized carbons (Fsp3) is 0.150. The molecule has 0 unspecified atom stereocenters. The highest BCUT2D eigenvalue weighted by molar-refractivity contribution is 6.14. The van der Waals surface area contributed by atoms with Crippen LogP contribution in [0.5, 0.6) is 0 Å². The monoisotopic (exact) mass is 541 g/mol. The summed E-state index contributed by atoms with van der Waals surface area (Å²) in [6, 6.07) is 45.1. The number of nitrogens with zero attached hydrogens (tertiary/aromatic N) is 1. The molecule has 0 saturated heterocycles. The Morgan fingerprint density at radius 2 is 1.26 bits per heavy atom. The lowest BCUT2D eigenvalue weighted by molar-refractivity contribution is 0.550. The highest BCUT2D eigenvalue weighted by Crippen LogP contribution is 2.58. The van der Waals surface area contributed by atoms with Gasteiger partial charge < -0.3 is 9.32 Å². The van der Waals surface area contributed by atoms with Crippen molar-refractivity contribution in [3.63, 3.8) is 0 Å². The average Bonchev–Trinajstić information content (AvgIpc) is 3.74. The van der Waals surface area contributed by atoms with Gasteiger partial charge in [0, 0.05) is 27.6 Å². The second-order valence-electron chi connectivity index (χ2n) is 12.1. The molecule has 2 aliphatic carbocycles. The van der Waals surface area contributed by atoms with Gasteiger partial charge in [-0.2, -0.15) is 0 Å². The van der Waals surface area contributed by atoms with E-state index in [4.69, 9.17) is 4.42 Å². The van der Waals surface area contributed by atoms with Crippen LogP contribution in [0.25, 0.3) is 43.6 Å². The lowest BCUT2D eigenvalue weighted by Crippen LogP contribution is -2.20. The van der Waals surface area contributed by atoms with Gasteiger partial charge in [-0.15, -0.1) is 0 Å². The van der Waals surface area contributed by atoms with Crippen molar-refractivity contribution in [3.8, 4) is 11.1 Å². The van der Waals surface area contributed by atoms with Gasteiger partial charge in [0.05, 0.1) is 5.69 Å². The minimum atomic E-state index is 0.165. The highest BCUT2D eigenvalue weighted by Gasteiger charge is 2.45. The van der Waals surface area contributed by atoms with Crippen LogP contribution in [0, 0.1) is 6.92 Å². The van der Waals surface area contributed by atoms with Crippen molar-refractivity contribution in [2.75, 3.05) is 4.90 Å². The number of aryl methyl sites for hydroxylation is 1. The van der Waals surface area contributed by atoms with Crippen molar-refractivity contribution in [2.24, 2.45) is 0 Å². The van der Waals surface area contributed by atoms with Crippen molar-refractivity contribution < 1.29 is 4.42 Å². The fourth-order valence-corrected chi connectivity index (χ4v) is 8.06. The molecule has 0 amide bonds. The van der Waals surface area contributed by atoms with Gasteiger partial charge in [-0.05, 0) is 101 Å². The molecular formula is C40H31NO. The van der Waals surface area contributed by atoms with Crippen LogP contribution in [-0.2, 0) is 5.41 Å². The van der Waals surface area contributed by atoms with Gasteiger partial charge in [-0.25, -0.2) is 0 Å². The Morgan fingerprint density at radius 3 is 2.14 bits per heavy atom. The molecule has 1 heterocycles. The zero-order valence-electron chi connectivity index (χ0n) is 23.7. The van der Waals surface area contributed by atoms with Crippen molar-refractivity contribution in [1.29, 1.82) is 0 Å². The predicted octanol–water partition coefficient (Wildman–Crippen LogP) is 11.4. The van der Waals surface area contributed by atoms with Gasteiger partial charge in [-0.1, -0.05) is 91.7 Å². The molecule has 2 heteroatoms. The summed E-state index contributed by atoms with van der Waals surface area (Å²) >= 11 is 0. The van der Waals surface area contributed by atoms with Gasteiger partial charge in [0.2, 0.25) is 0 Å². The molecule has 6 aromatic carbocycles. The zero-order valence-corrected chi connectivity index (χ0v) is 23.7. The molecule has 2 nitrogen and oxygen atoms in total. The number of rotatable bonds is 3. The number of furan rings is 1. The SMILES string of the molecule is Cc1cc2cc(N(c3ccc4c(c3)-c3ccccc3C43CCCC3)c3cc4ccccc4c4ccccc34)ccc2o1. The van der Waals surface area contributed by atoms with E-state index >= 15 is 0 Å². The van der Waals surface area contributed by atoms with E-state index in [2.05, 4.69) is 126 Å². The second kappa shape index (κ2) is 8.84. The van der Waals surface area contributed by atoms with Crippen LogP contribution in [0.3, 0.4) is 0 Å². The lowest BCUT2D eigenvalue weighted by Gasteiger charge is -2.29. The van der Waals surface area contributed by atoms with E-state index < -0.39 is 0 Å². The Hall–Kier alpha value is -4.82. The van der Waals surface area contributed by atoms with Crippen LogP contribution in [0.15, 0.2) is 126 Å². The lowest BCUT2D eigenvalue weighted by atomic mass is 9.77. The highest BCUT2D eigenvalue weighted by atomic mass is 16.3. The maximum absolute atomic E-state index is 5.98. The van der Waals surface area contributed by atoms with E-state index in [1.165, 1.54) is 80.9 Å². The summed E-state index contributed by atoms with van der Waals surface area (Å²) in [6.45, 7) is 2.02. The quantitative estimate of drug-likeness (QED) is 0.207. The molecule has 0 bridgehead atoms. The maximum atomic E-state index is 5.98. The topological polar surface area (TPSA) is 16.4 Å². The van der Waals surface area contributed by atoms with Gasteiger partial charge in [0.25, 0.3) is 0 Å². The Morgan fingerprint density at radius 1 is 0.571 bits per heavy atom. The first-order valence-electron chi connectivity index (χ1n) is 15.1. The summed E-state index contributed by atoms with van der Waals surface area (Å²) in [7, 11) is 0. The summed E-state index contributed by atoms with van der Waals surface area (Å²) in [4.78, 5) is 2.46. The molecule has 1 saturated carbocycles. The summed E-state index contributed by atoms with van der Waals surface area (Å²) < 4.78 is 5.98. The summed E-state index contributed by atoms with van der Waals surface area (Å²) in [5, 5.41) is 6.16. The molecule has 7 aromatic rings. The van der Waals surface area contributed by atoms with E-state index in [1.807, 2.05) is 6.92 Å². The Balaban J connectivity index is 1.34. The Kier molecular flexibility index (Phi) is 5.02. The molecule has 42 heavy (non-hydrogen) atoms.